The molecule has 0 aliphatic carbocycles. The van der Waals surface area contributed by atoms with E-state index in [1.54, 1.807) is 20.3 Å². The Bertz CT molecular complexity index is 1100. The average molecular weight is 497 g/mol. The van der Waals surface area contributed by atoms with Gasteiger partial charge in [-0.2, -0.15) is 4.31 Å². The number of carbonyl (C=O) groups excluding carboxylic acids is 1. The van der Waals surface area contributed by atoms with Crippen molar-refractivity contribution in [3.05, 3.63) is 47.0 Å². The molecule has 1 saturated heterocycles. The van der Waals surface area contributed by atoms with Crippen LogP contribution in [-0.2, 0) is 14.8 Å². The molecule has 3 rings (SSSR count). The van der Waals surface area contributed by atoms with Gasteiger partial charge in [-0.1, -0.05) is 17.7 Å². The predicted octanol–water partition coefficient (Wildman–Crippen LogP) is 3.64. The van der Waals surface area contributed by atoms with E-state index in [2.05, 4.69) is 5.32 Å². The van der Waals surface area contributed by atoms with Gasteiger partial charge in [0.1, 0.15) is 5.75 Å². The predicted molar refractivity (Wildman–Crippen MR) is 126 cm³/mol. The summed E-state index contributed by atoms with van der Waals surface area (Å²) in [5.74, 6) is 1.26. The number of amides is 1. The molecule has 180 valence electrons. The Balaban J connectivity index is 1.61. The number of halogens is 1. The summed E-state index contributed by atoms with van der Waals surface area (Å²) in [7, 11) is 0.896. The van der Waals surface area contributed by atoms with E-state index >= 15 is 0 Å². The molecule has 0 spiro atoms. The van der Waals surface area contributed by atoms with E-state index < -0.39 is 10.0 Å². The summed E-state index contributed by atoms with van der Waals surface area (Å²) in [6.07, 6.45) is 0.876. The topological polar surface area (TPSA) is 94.2 Å². The van der Waals surface area contributed by atoms with E-state index in [0.717, 1.165) is 5.56 Å². The summed E-state index contributed by atoms with van der Waals surface area (Å²) in [5.41, 5.74) is 0.886. The molecule has 2 aromatic carbocycles. The molecule has 1 heterocycles. The number of ether oxygens (including phenoxy) is 3. The Morgan fingerprint density at radius 2 is 1.61 bits per heavy atom. The van der Waals surface area contributed by atoms with Crippen LogP contribution in [0.15, 0.2) is 41.3 Å². The van der Waals surface area contributed by atoms with Gasteiger partial charge in [0.2, 0.25) is 15.9 Å². The maximum Gasteiger partial charge on any atom is 0.243 e. The number of benzene rings is 2. The zero-order valence-electron chi connectivity index (χ0n) is 19.1. The fourth-order valence-electron chi connectivity index (χ4n) is 3.85. The van der Waals surface area contributed by atoms with Gasteiger partial charge >= 0.3 is 0 Å². The Labute approximate surface area is 199 Å². The van der Waals surface area contributed by atoms with Gasteiger partial charge in [0.15, 0.2) is 11.5 Å². The molecule has 8 nitrogen and oxygen atoms in total. The second kappa shape index (κ2) is 10.6. The fourth-order valence-corrected chi connectivity index (χ4v) is 5.67. The lowest BCUT2D eigenvalue weighted by atomic mass is 9.96. The summed E-state index contributed by atoms with van der Waals surface area (Å²) >= 11 is 6.10. The van der Waals surface area contributed by atoms with Gasteiger partial charge in [0.05, 0.1) is 37.3 Å². The third-order valence-corrected chi connectivity index (χ3v) is 8.04. The van der Waals surface area contributed by atoms with Crippen LogP contribution in [0.25, 0.3) is 0 Å². The van der Waals surface area contributed by atoms with Crippen LogP contribution < -0.4 is 19.5 Å². The van der Waals surface area contributed by atoms with E-state index in [0.29, 0.717) is 30.1 Å². The zero-order chi connectivity index (χ0) is 24.2. The third kappa shape index (κ3) is 5.54. The Kier molecular flexibility index (Phi) is 8.10. The van der Waals surface area contributed by atoms with Gasteiger partial charge < -0.3 is 19.5 Å². The van der Waals surface area contributed by atoms with Gasteiger partial charge in [0.25, 0.3) is 0 Å². The van der Waals surface area contributed by atoms with Crippen LogP contribution in [0.4, 0.5) is 0 Å². The number of carbonyl (C=O) groups is 1. The zero-order valence-corrected chi connectivity index (χ0v) is 20.7. The lowest BCUT2D eigenvalue weighted by molar-refractivity contribution is -0.126. The molecule has 10 heteroatoms. The van der Waals surface area contributed by atoms with Crippen LogP contribution in [0.5, 0.6) is 17.2 Å². The van der Waals surface area contributed by atoms with Crippen LogP contribution in [-0.4, -0.2) is 53.0 Å². The molecule has 1 aliphatic rings. The van der Waals surface area contributed by atoms with E-state index in [-0.39, 0.29) is 40.9 Å². The molecule has 0 radical (unpaired) electrons. The molecule has 1 fully saturated rings. The van der Waals surface area contributed by atoms with Gasteiger partial charge in [-0.05, 0) is 55.7 Å². The van der Waals surface area contributed by atoms with E-state index in [4.69, 9.17) is 25.8 Å². The highest BCUT2D eigenvalue weighted by Crippen LogP contribution is 2.32. The second-order valence-electron chi connectivity index (χ2n) is 7.82. The van der Waals surface area contributed by atoms with Gasteiger partial charge in [-0.3, -0.25) is 4.79 Å². The molecular formula is C23H29ClN2O6S. The molecule has 0 aromatic heterocycles. The number of piperidine rings is 1. The molecular weight excluding hydrogens is 468 g/mol. The number of sulfonamides is 1. The van der Waals surface area contributed by atoms with Crippen LogP contribution >= 0.6 is 11.6 Å². The third-order valence-electron chi connectivity index (χ3n) is 5.85. The number of methoxy groups -OCH3 is 3. The minimum atomic E-state index is -3.70. The number of rotatable bonds is 8. The Morgan fingerprint density at radius 3 is 2.18 bits per heavy atom. The van der Waals surface area contributed by atoms with Crippen molar-refractivity contribution in [2.24, 2.45) is 5.92 Å². The van der Waals surface area contributed by atoms with Crippen LogP contribution in [0, 0.1) is 5.92 Å². The number of nitrogens with zero attached hydrogens (tertiary/aromatic N) is 1. The molecule has 0 bridgehead atoms. The molecule has 2 aromatic rings. The van der Waals surface area contributed by atoms with Crippen molar-refractivity contribution in [3.8, 4) is 17.2 Å². The van der Waals surface area contributed by atoms with Crippen LogP contribution in [0.1, 0.15) is 31.4 Å². The minimum Gasteiger partial charge on any atom is -0.495 e. The van der Waals surface area contributed by atoms with Crippen molar-refractivity contribution in [2.75, 3.05) is 34.4 Å². The molecule has 1 atom stereocenters. The number of nitrogens with one attached hydrogen (secondary N) is 1. The first-order chi connectivity index (χ1) is 15.7. The summed E-state index contributed by atoms with van der Waals surface area (Å²) < 4.78 is 43.1. The average Bonchev–Trinajstić information content (AvgIpc) is 2.83. The first-order valence-corrected chi connectivity index (χ1v) is 12.4. The highest BCUT2D eigenvalue weighted by Gasteiger charge is 2.33. The van der Waals surface area contributed by atoms with Gasteiger partial charge in [-0.15, -0.1) is 0 Å². The first kappa shape index (κ1) is 25.1. The highest BCUT2D eigenvalue weighted by molar-refractivity contribution is 7.89. The largest absolute Gasteiger partial charge is 0.495 e. The SMILES string of the molecule is COc1ccc(S(=O)(=O)N2CCC(C(=O)N[C@H](C)c3ccc(OC)c(OC)c3)CC2)cc1Cl. The summed E-state index contributed by atoms with van der Waals surface area (Å²) in [5, 5.41) is 3.26. The maximum absolute atomic E-state index is 13.0. The van der Waals surface area contributed by atoms with Crippen molar-refractivity contribution < 1.29 is 27.4 Å². The van der Waals surface area contributed by atoms with Crippen LogP contribution in [0.2, 0.25) is 5.02 Å². The lowest BCUT2D eigenvalue weighted by Gasteiger charge is -2.31. The maximum atomic E-state index is 13.0. The van der Waals surface area contributed by atoms with Crippen molar-refractivity contribution in [3.63, 3.8) is 0 Å². The van der Waals surface area contributed by atoms with E-state index in [9.17, 15) is 13.2 Å². The van der Waals surface area contributed by atoms with Crippen molar-refractivity contribution in [1.82, 2.24) is 9.62 Å². The highest BCUT2D eigenvalue weighted by atomic mass is 35.5. The molecule has 1 amide bonds. The quantitative estimate of drug-likeness (QED) is 0.599. The molecule has 33 heavy (non-hydrogen) atoms. The smallest absolute Gasteiger partial charge is 0.243 e. The molecule has 1 N–H and O–H groups in total. The summed E-state index contributed by atoms with van der Waals surface area (Å²) in [6.45, 7) is 2.41. The number of hydrogen-bond donors (Lipinski definition) is 1. The lowest BCUT2D eigenvalue weighted by Crippen LogP contribution is -2.43. The van der Waals surface area contributed by atoms with Crippen molar-refractivity contribution in [1.29, 1.82) is 0 Å². The van der Waals surface area contributed by atoms with Crippen LogP contribution in [0.3, 0.4) is 0 Å². The second-order valence-corrected chi connectivity index (χ2v) is 10.2. The number of hydrogen-bond acceptors (Lipinski definition) is 6. The fraction of sp³-hybridized carbons (Fsp3) is 0.435. The molecule has 1 aliphatic heterocycles. The van der Waals surface area contributed by atoms with Crippen molar-refractivity contribution in [2.45, 2.75) is 30.7 Å². The summed E-state index contributed by atoms with van der Waals surface area (Å²) in [4.78, 5) is 12.9. The Hall–Kier alpha value is -2.49. The summed E-state index contributed by atoms with van der Waals surface area (Å²) in [6, 6.07) is 9.67. The molecule has 0 saturated carbocycles. The Morgan fingerprint density at radius 1 is 1.00 bits per heavy atom. The van der Waals surface area contributed by atoms with E-state index in [1.807, 2.05) is 19.1 Å². The first-order valence-electron chi connectivity index (χ1n) is 10.6. The molecule has 0 unspecified atom stereocenters. The minimum absolute atomic E-state index is 0.0955. The van der Waals surface area contributed by atoms with Gasteiger partial charge in [0, 0.05) is 19.0 Å². The van der Waals surface area contributed by atoms with Gasteiger partial charge in [-0.25, -0.2) is 8.42 Å². The standard InChI is InChI=1S/C23H29ClN2O6S/c1-15(17-5-7-21(31-3)22(13-17)32-4)25-23(27)16-9-11-26(12-10-16)33(28,29)18-6-8-20(30-2)19(24)14-18/h5-8,13-16H,9-12H2,1-4H3,(H,25,27)/t15-/m1/s1. The van der Waals surface area contributed by atoms with E-state index in [1.165, 1.54) is 29.6 Å². The van der Waals surface area contributed by atoms with Crippen molar-refractivity contribution >= 4 is 27.5 Å². The normalized spacial score (nSPS) is 16.2. The monoisotopic (exact) mass is 496 g/mol.